The Kier molecular flexibility index (Phi) is 3.40. The second-order valence-corrected chi connectivity index (χ2v) is 4.97. The number of hydrogen-bond donors (Lipinski definition) is 3. The number of amides is 1. The predicted molar refractivity (Wildman–Crippen MR) is 74.5 cm³/mol. The van der Waals surface area contributed by atoms with E-state index in [-0.39, 0.29) is 5.56 Å². The largest absolute Gasteiger partial charge is 0.399 e. The van der Waals surface area contributed by atoms with Gasteiger partial charge in [-0.05, 0) is 19.1 Å². The highest BCUT2D eigenvalue weighted by Gasteiger charge is 2.14. The molecular weight excluding hydrogens is 272 g/mol. The molecule has 94 valence electrons. The van der Waals surface area contributed by atoms with Gasteiger partial charge < -0.3 is 16.8 Å². The molecule has 0 fully saturated rings. The van der Waals surface area contributed by atoms with Gasteiger partial charge in [-0.25, -0.2) is 4.98 Å². The minimum absolute atomic E-state index is 0.243. The number of nitrogen functional groups attached to an aromatic ring is 1. The normalized spacial score (nSPS) is 10.3. The van der Waals surface area contributed by atoms with Gasteiger partial charge in [0.25, 0.3) is 5.91 Å². The number of carbonyl (C=O) groups is 1. The Bertz CT molecular complexity index is 611. The molecule has 0 atom stereocenters. The number of primary amides is 1. The second kappa shape index (κ2) is 4.83. The number of hydrogen-bond acceptors (Lipinski definition) is 5. The second-order valence-electron chi connectivity index (χ2n) is 3.71. The lowest BCUT2D eigenvalue weighted by Gasteiger charge is -2.10. The number of halogens is 1. The van der Waals surface area contributed by atoms with Crippen LogP contribution in [0.25, 0.3) is 0 Å². The first-order valence-electron chi connectivity index (χ1n) is 5.05. The molecule has 5 N–H and O–H groups in total. The number of benzene rings is 1. The molecular formula is C11H11ClN4OS. The summed E-state index contributed by atoms with van der Waals surface area (Å²) in [6.07, 6.45) is 0. The molecule has 7 heteroatoms. The Morgan fingerprint density at radius 3 is 2.78 bits per heavy atom. The summed E-state index contributed by atoms with van der Waals surface area (Å²) >= 11 is 7.48. The Hall–Kier alpha value is -1.79. The lowest BCUT2D eigenvalue weighted by molar-refractivity contribution is 0.100. The van der Waals surface area contributed by atoms with Crippen molar-refractivity contribution in [2.24, 2.45) is 5.73 Å². The Morgan fingerprint density at radius 2 is 2.22 bits per heavy atom. The number of aromatic nitrogens is 1. The highest BCUT2D eigenvalue weighted by Crippen LogP contribution is 2.32. The Balaban J connectivity index is 2.46. The van der Waals surface area contributed by atoms with Gasteiger partial charge in [-0.3, -0.25) is 4.79 Å². The third-order valence-corrected chi connectivity index (χ3v) is 3.40. The number of carbonyl (C=O) groups excluding carboxylic acids is 1. The number of nitrogens with zero attached hydrogens (tertiary/aromatic N) is 1. The van der Waals surface area contributed by atoms with Crippen molar-refractivity contribution in [1.29, 1.82) is 0 Å². The number of anilines is 3. The molecule has 0 bridgehead atoms. The maximum Gasteiger partial charge on any atom is 0.250 e. The highest BCUT2D eigenvalue weighted by molar-refractivity contribution is 7.13. The molecule has 0 saturated carbocycles. The fourth-order valence-electron chi connectivity index (χ4n) is 1.47. The zero-order valence-corrected chi connectivity index (χ0v) is 11.1. The molecule has 1 aromatic heterocycles. The molecule has 0 unspecified atom stereocenters. The van der Waals surface area contributed by atoms with Crippen LogP contribution in [0.15, 0.2) is 17.5 Å². The quantitative estimate of drug-likeness (QED) is 0.754. The first-order chi connectivity index (χ1) is 8.47. The third-order valence-electron chi connectivity index (χ3n) is 2.23. The van der Waals surface area contributed by atoms with E-state index in [1.165, 1.54) is 17.4 Å². The van der Waals surface area contributed by atoms with Crippen molar-refractivity contribution < 1.29 is 4.79 Å². The van der Waals surface area contributed by atoms with E-state index in [2.05, 4.69) is 10.3 Å². The van der Waals surface area contributed by atoms with Gasteiger partial charge in [0.15, 0.2) is 5.13 Å². The van der Waals surface area contributed by atoms with E-state index >= 15 is 0 Å². The maximum atomic E-state index is 11.4. The number of nitrogens with one attached hydrogen (secondary N) is 1. The maximum absolute atomic E-state index is 11.4. The van der Waals surface area contributed by atoms with Crippen molar-refractivity contribution >= 4 is 45.4 Å². The van der Waals surface area contributed by atoms with E-state index in [0.717, 1.165) is 5.69 Å². The summed E-state index contributed by atoms with van der Waals surface area (Å²) in [5, 5.41) is 5.85. The predicted octanol–water partition coefficient (Wildman–Crippen LogP) is 2.53. The molecule has 0 saturated heterocycles. The summed E-state index contributed by atoms with van der Waals surface area (Å²) in [6, 6.07) is 3.04. The van der Waals surface area contributed by atoms with E-state index in [1.54, 1.807) is 6.07 Å². The molecule has 1 heterocycles. The molecule has 5 nitrogen and oxygen atoms in total. The average Bonchev–Trinajstić information content (AvgIpc) is 2.67. The zero-order valence-electron chi connectivity index (χ0n) is 9.53. The smallest absolute Gasteiger partial charge is 0.250 e. The van der Waals surface area contributed by atoms with Gasteiger partial charge in [0.1, 0.15) is 0 Å². The van der Waals surface area contributed by atoms with Crippen LogP contribution in [0.4, 0.5) is 16.5 Å². The van der Waals surface area contributed by atoms with Crippen LogP contribution in [0, 0.1) is 6.92 Å². The summed E-state index contributed by atoms with van der Waals surface area (Å²) < 4.78 is 0. The van der Waals surface area contributed by atoms with Gasteiger partial charge >= 0.3 is 0 Å². The molecule has 0 aliphatic carbocycles. The topological polar surface area (TPSA) is 94.0 Å². The van der Waals surface area contributed by atoms with Crippen LogP contribution in [0.3, 0.4) is 0 Å². The SMILES string of the molecule is Cc1csc(Nc2c(Cl)cc(N)cc2C(N)=O)n1. The number of aryl methyl sites for hydroxylation is 1. The Morgan fingerprint density at radius 1 is 1.50 bits per heavy atom. The number of rotatable bonds is 3. The van der Waals surface area contributed by atoms with E-state index in [9.17, 15) is 4.79 Å². The average molecular weight is 283 g/mol. The van der Waals surface area contributed by atoms with Crippen LogP contribution in [0.5, 0.6) is 0 Å². The Labute approximate surface area is 113 Å². The minimum atomic E-state index is -0.597. The highest BCUT2D eigenvalue weighted by atomic mass is 35.5. The lowest BCUT2D eigenvalue weighted by Crippen LogP contribution is -2.14. The van der Waals surface area contributed by atoms with Crippen LogP contribution in [0.2, 0.25) is 5.02 Å². The van der Waals surface area contributed by atoms with Crippen molar-refractivity contribution in [3.63, 3.8) is 0 Å². The molecule has 2 rings (SSSR count). The fraction of sp³-hybridized carbons (Fsp3) is 0.0909. The molecule has 0 spiro atoms. The number of thiazole rings is 1. The van der Waals surface area contributed by atoms with E-state index in [4.69, 9.17) is 23.1 Å². The molecule has 0 aliphatic heterocycles. The van der Waals surface area contributed by atoms with Crippen LogP contribution in [0.1, 0.15) is 16.1 Å². The minimum Gasteiger partial charge on any atom is -0.399 e. The lowest BCUT2D eigenvalue weighted by atomic mass is 10.1. The standard InChI is InChI=1S/C11H11ClN4OS/c1-5-4-18-11(15-5)16-9-7(10(14)17)2-6(13)3-8(9)12/h2-4H,13H2,1H3,(H2,14,17)(H,15,16). The summed E-state index contributed by atoms with van der Waals surface area (Å²) in [7, 11) is 0. The first kappa shape index (κ1) is 12.7. The summed E-state index contributed by atoms with van der Waals surface area (Å²) in [4.78, 5) is 15.6. The zero-order chi connectivity index (χ0) is 13.3. The van der Waals surface area contributed by atoms with Crippen molar-refractivity contribution in [2.45, 2.75) is 6.92 Å². The molecule has 0 aliphatic rings. The van der Waals surface area contributed by atoms with Crippen LogP contribution >= 0.6 is 22.9 Å². The molecule has 18 heavy (non-hydrogen) atoms. The van der Waals surface area contributed by atoms with Crippen molar-refractivity contribution in [3.8, 4) is 0 Å². The molecule has 1 aromatic carbocycles. The van der Waals surface area contributed by atoms with Gasteiger partial charge in [-0.2, -0.15) is 0 Å². The van der Waals surface area contributed by atoms with Crippen molar-refractivity contribution in [3.05, 3.63) is 33.8 Å². The van der Waals surface area contributed by atoms with E-state index in [0.29, 0.717) is 21.5 Å². The molecule has 0 radical (unpaired) electrons. The van der Waals surface area contributed by atoms with E-state index in [1.807, 2.05) is 12.3 Å². The van der Waals surface area contributed by atoms with Gasteiger partial charge in [0, 0.05) is 11.1 Å². The van der Waals surface area contributed by atoms with Crippen LogP contribution < -0.4 is 16.8 Å². The van der Waals surface area contributed by atoms with Crippen molar-refractivity contribution in [1.82, 2.24) is 4.98 Å². The van der Waals surface area contributed by atoms with Gasteiger partial charge in [-0.1, -0.05) is 11.6 Å². The van der Waals surface area contributed by atoms with Gasteiger partial charge in [0.05, 0.1) is 22.0 Å². The van der Waals surface area contributed by atoms with Crippen LogP contribution in [-0.4, -0.2) is 10.9 Å². The van der Waals surface area contributed by atoms with Crippen LogP contribution in [-0.2, 0) is 0 Å². The monoisotopic (exact) mass is 282 g/mol. The first-order valence-corrected chi connectivity index (χ1v) is 6.31. The van der Waals surface area contributed by atoms with E-state index < -0.39 is 5.91 Å². The number of nitrogens with two attached hydrogens (primary N) is 2. The van der Waals surface area contributed by atoms with Crippen molar-refractivity contribution in [2.75, 3.05) is 11.1 Å². The summed E-state index contributed by atoms with van der Waals surface area (Å²) in [6.45, 7) is 1.88. The summed E-state index contributed by atoms with van der Waals surface area (Å²) in [5.41, 5.74) is 12.9. The van der Waals surface area contributed by atoms with Gasteiger partial charge in [-0.15, -0.1) is 11.3 Å². The summed E-state index contributed by atoms with van der Waals surface area (Å²) in [5.74, 6) is -0.597. The fourth-order valence-corrected chi connectivity index (χ4v) is 2.43. The van der Waals surface area contributed by atoms with Gasteiger partial charge in [0.2, 0.25) is 0 Å². The molecule has 2 aromatic rings. The third kappa shape index (κ3) is 2.55. The molecule has 1 amide bonds.